The summed E-state index contributed by atoms with van der Waals surface area (Å²) in [6, 6.07) is 7.08. The van der Waals surface area contributed by atoms with Crippen LogP contribution >= 0.6 is 0 Å². The number of hydrogen-bond acceptors (Lipinski definition) is 1. The van der Waals surface area contributed by atoms with Gasteiger partial charge in [-0.2, -0.15) is 0 Å². The largest absolute Gasteiger partial charge is 0.316 e. The first-order valence-electron chi connectivity index (χ1n) is 8.49. The molecule has 1 nitrogen and oxygen atoms in total. The third kappa shape index (κ3) is 5.43. The topological polar surface area (TPSA) is 12.0 Å². The van der Waals surface area contributed by atoms with E-state index in [9.17, 15) is 4.39 Å². The molecule has 0 spiro atoms. The normalized spacial score (nSPS) is 26.2. The summed E-state index contributed by atoms with van der Waals surface area (Å²) in [5.41, 5.74) is 1.28. The van der Waals surface area contributed by atoms with Crippen molar-refractivity contribution in [2.75, 3.05) is 13.1 Å². The highest BCUT2D eigenvalue weighted by atomic mass is 19.1. The summed E-state index contributed by atoms with van der Waals surface area (Å²) in [5, 5.41) is 3.63. The summed E-state index contributed by atoms with van der Waals surface area (Å²) in [6.07, 6.45) is 5.09. The molecule has 0 amide bonds. The first-order valence-corrected chi connectivity index (χ1v) is 8.49. The molecule has 1 N–H and O–H groups in total. The van der Waals surface area contributed by atoms with Crippen molar-refractivity contribution in [2.45, 2.75) is 46.5 Å². The molecule has 1 aliphatic rings. The maximum Gasteiger partial charge on any atom is 0.123 e. The van der Waals surface area contributed by atoms with Gasteiger partial charge < -0.3 is 5.32 Å². The van der Waals surface area contributed by atoms with E-state index >= 15 is 0 Å². The lowest BCUT2D eigenvalue weighted by atomic mass is 9.72. The first-order chi connectivity index (χ1) is 10.0. The van der Waals surface area contributed by atoms with Crippen molar-refractivity contribution in [1.82, 2.24) is 5.32 Å². The molecule has 21 heavy (non-hydrogen) atoms. The maximum atomic E-state index is 13.0. The molecule has 1 saturated carbocycles. The second kappa shape index (κ2) is 7.93. The summed E-state index contributed by atoms with van der Waals surface area (Å²) >= 11 is 0. The molecule has 0 heterocycles. The molecule has 0 aliphatic heterocycles. The van der Waals surface area contributed by atoms with Crippen LogP contribution in [0.3, 0.4) is 0 Å². The fourth-order valence-corrected chi connectivity index (χ4v) is 3.56. The van der Waals surface area contributed by atoms with Crippen LogP contribution in [0.4, 0.5) is 4.39 Å². The number of hydrogen-bond donors (Lipinski definition) is 1. The van der Waals surface area contributed by atoms with Crippen LogP contribution in [-0.2, 0) is 6.42 Å². The molecular weight excluding hydrogens is 261 g/mol. The van der Waals surface area contributed by atoms with Crippen LogP contribution in [0.5, 0.6) is 0 Å². The van der Waals surface area contributed by atoms with Gasteiger partial charge in [-0.1, -0.05) is 39.3 Å². The minimum absolute atomic E-state index is 0.133. The third-order valence-corrected chi connectivity index (χ3v) is 4.77. The number of rotatable bonds is 6. The van der Waals surface area contributed by atoms with Gasteiger partial charge in [0, 0.05) is 0 Å². The van der Waals surface area contributed by atoms with Crippen LogP contribution in [-0.4, -0.2) is 13.1 Å². The number of benzene rings is 1. The van der Waals surface area contributed by atoms with Crippen LogP contribution in [0.15, 0.2) is 24.3 Å². The lowest BCUT2D eigenvalue weighted by Crippen LogP contribution is -2.35. The smallest absolute Gasteiger partial charge is 0.123 e. The van der Waals surface area contributed by atoms with Gasteiger partial charge >= 0.3 is 0 Å². The van der Waals surface area contributed by atoms with Crippen LogP contribution < -0.4 is 5.32 Å². The van der Waals surface area contributed by atoms with Crippen molar-refractivity contribution >= 4 is 0 Å². The van der Waals surface area contributed by atoms with Gasteiger partial charge in [0.2, 0.25) is 0 Å². The second-order valence-electron chi connectivity index (χ2n) is 7.32. The van der Waals surface area contributed by atoms with E-state index in [0.29, 0.717) is 5.92 Å². The molecule has 1 aliphatic carbocycles. The van der Waals surface area contributed by atoms with Crippen LogP contribution in [0.2, 0.25) is 0 Å². The predicted octanol–water partition coefficient (Wildman–Crippen LogP) is 4.67. The zero-order valence-corrected chi connectivity index (χ0v) is 13.7. The highest BCUT2D eigenvalue weighted by Crippen LogP contribution is 2.35. The fourth-order valence-electron chi connectivity index (χ4n) is 3.56. The highest BCUT2D eigenvalue weighted by Gasteiger charge is 2.28. The third-order valence-electron chi connectivity index (χ3n) is 4.77. The minimum atomic E-state index is -0.133. The Labute approximate surface area is 129 Å². The first kappa shape index (κ1) is 16.5. The molecule has 0 radical (unpaired) electrons. The quantitative estimate of drug-likeness (QED) is 0.803. The summed E-state index contributed by atoms with van der Waals surface area (Å²) in [6.45, 7) is 9.12. The number of nitrogens with one attached hydrogen (secondary N) is 1. The lowest BCUT2D eigenvalue weighted by Gasteiger charge is -2.35. The zero-order valence-electron chi connectivity index (χ0n) is 13.7. The van der Waals surface area contributed by atoms with Gasteiger partial charge in [0.1, 0.15) is 5.82 Å². The molecule has 2 rings (SSSR count). The van der Waals surface area contributed by atoms with Crippen LogP contribution in [0.1, 0.15) is 45.6 Å². The number of halogens is 1. The van der Waals surface area contributed by atoms with Crippen molar-refractivity contribution in [2.24, 2.45) is 23.7 Å². The van der Waals surface area contributed by atoms with E-state index in [1.165, 1.54) is 24.8 Å². The Kier molecular flexibility index (Phi) is 6.22. The van der Waals surface area contributed by atoms with Gasteiger partial charge in [-0.15, -0.1) is 0 Å². The van der Waals surface area contributed by atoms with Crippen LogP contribution in [0.25, 0.3) is 0 Å². The summed E-state index contributed by atoms with van der Waals surface area (Å²) < 4.78 is 13.0. The Morgan fingerprint density at radius 3 is 2.52 bits per heavy atom. The molecule has 118 valence electrons. The van der Waals surface area contributed by atoms with Crippen molar-refractivity contribution < 1.29 is 4.39 Å². The van der Waals surface area contributed by atoms with E-state index in [1.54, 1.807) is 12.1 Å². The molecule has 3 atom stereocenters. The van der Waals surface area contributed by atoms with E-state index in [2.05, 4.69) is 26.1 Å². The van der Waals surface area contributed by atoms with Crippen molar-refractivity contribution in [1.29, 1.82) is 0 Å². The monoisotopic (exact) mass is 291 g/mol. The Morgan fingerprint density at radius 2 is 1.86 bits per heavy atom. The average Bonchev–Trinajstić information content (AvgIpc) is 2.43. The molecule has 3 unspecified atom stereocenters. The Bertz CT molecular complexity index is 412. The highest BCUT2D eigenvalue weighted by molar-refractivity contribution is 5.17. The molecular formula is C19H30FN. The lowest BCUT2D eigenvalue weighted by molar-refractivity contribution is 0.182. The summed E-state index contributed by atoms with van der Waals surface area (Å²) in [7, 11) is 0. The maximum absolute atomic E-state index is 13.0. The molecule has 2 heteroatoms. The molecule has 1 aromatic rings. The Hall–Kier alpha value is -0.890. The fraction of sp³-hybridized carbons (Fsp3) is 0.684. The summed E-state index contributed by atoms with van der Waals surface area (Å²) in [4.78, 5) is 0. The van der Waals surface area contributed by atoms with E-state index < -0.39 is 0 Å². The zero-order chi connectivity index (χ0) is 15.2. The average molecular weight is 291 g/mol. The van der Waals surface area contributed by atoms with Gasteiger partial charge in [0.25, 0.3) is 0 Å². The van der Waals surface area contributed by atoms with Gasteiger partial charge in [0.05, 0.1) is 0 Å². The Balaban J connectivity index is 1.92. The van der Waals surface area contributed by atoms with E-state index in [0.717, 1.165) is 37.3 Å². The summed E-state index contributed by atoms with van der Waals surface area (Å²) in [5.74, 6) is 2.91. The van der Waals surface area contributed by atoms with E-state index in [4.69, 9.17) is 0 Å². The molecule has 0 bridgehead atoms. The van der Waals surface area contributed by atoms with Gasteiger partial charge in [-0.3, -0.25) is 0 Å². The van der Waals surface area contributed by atoms with E-state index in [-0.39, 0.29) is 5.82 Å². The minimum Gasteiger partial charge on any atom is -0.316 e. The molecule has 1 fully saturated rings. The second-order valence-corrected chi connectivity index (χ2v) is 7.32. The van der Waals surface area contributed by atoms with Gasteiger partial charge in [-0.05, 0) is 73.7 Å². The van der Waals surface area contributed by atoms with Crippen molar-refractivity contribution in [3.8, 4) is 0 Å². The van der Waals surface area contributed by atoms with Crippen LogP contribution in [0, 0.1) is 29.5 Å². The predicted molar refractivity (Wildman–Crippen MR) is 87.8 cm³/mol. The van der Waals surface area contributed by atoms with E-state index in [1.807, 2.05) is 12.1 Å². The van der Waals surface area contributed by atoms with Gasteiger partial charge in [0.15, 0.2) is 0 Å². The SMILES string of the molecule is CC(C)CNCC1CCC(C)CC1Cc1ccc(F)cc1. The Morgan fingerprint density at radius 1 is 1.14 bits per heavy atom. The molecule has 1 aromatic carbocycles. The molecule has 0 saturated heterocycles. The van der Waals surface area contributed by atoms with Crippen molar-refractivity contribution in [3.05, 3.63) is 35.6 Å². The molecule has 0 aromatic heterocycles. The van der Waals surface area contributed by atoms with Gasteiger partial charge in [-0.25, -0.2) is 4.39 Å². The standard InChI is InChI=1S/C19H30FN/c1-14(2)12-21-13-17-7-4-15(3)10-18(17)11-16-5-8-19(20)9-6-16/h5-6,8-9,14-15,17-18,21H,4,7,10-13H2,1-3H3. The van der Waals surface area contributed by atoms with Crippen molar-refractivity contribution in [3.63, 3.8) is 0 Å².